The molecule has 20 heavy (non-hydrogen) atoms. The van der Waals surface area contributed by atoms with Crippen molar-refractivity contribution in [1.29, 1.82) is 0 Å². The molecule has 110 valence electrons. The molecule has 2 rings (SSSR count). The fourth-order valence-corrected chi connectivity index (χ4v) is 2.64. The summed E-state index contributed by atoms with van der Waals surface area (Å²) in [5.74, 6) is -1.11. The monoisotopic (exact) mass is 280 g/mol. The number of benzene rings is 1. The lowest BCUT2D eigenvalue weighted by Crippen LogP contribution is -2.46. The van der Waals surface area contributed by atoms with Gasteiger partial charge in [-0.25, -0.2) is 4.39 Å². The third-order valence-corrected chi connectivity index (χ3v) is 3.66. The molecule has 4 nitrogen and oxygen atoms in total. The SMILES string of the molecule is CCCN(C(=O)c1ccc(O)cc1F)C1CCNCC1. The van der Waals surface area contributed by atoms with E-state index in [0.29, 0.717) is 6.54 Å². The molecule has 2 N–H and O–H groups in total. The maximum atomic E-state index is 13.8. The summed E-state index contributed by atoms with van der Waals surface area (Å²) in [7, 11) is 0. The van der Waals surface area contributed by atoms with Crippen LogP contribution in [0.4, 0.5) is 4.39 Å². The van der Waals surface area contributed by atoms with Gasteiger partial charge in [-0.1, -0.05) is 6.92 Å². The molecule has 1 heterocycles. The lowest BCUT2D eigenvalue weighted by atomic mass is 10.0. The van der Waals surface area contributed by atoms with Crippen LogP contribution in [-0.4, -0.2) is 41.6 Å². The van der Waals surface area contributed by atoms with Crippen LogP contribution < -0.4 is 5.32 Å². The third kappa shape index (κ3) is 3.28. The Morgan fingerprint density at radius 3 is 2.75 bits per heavy atom. The quantitative estimate of drug-likeness (QED) is 0.888. The summed E-state index contributed by atoms with van der Waals surface area (Å²) in [5, 5.41) is 12.5. The molecule has 1 aromatic rings. The summed E-state index contributed by atoms with van der Waals surface area (Å²) in [6.45, 7) is 4.41. The van der Waals surface area contributed by atoms with Crippen molar-refractivity contribution >= 4 is 5.91 Å². The summed E-state index contributed by atoms with van der Waals surface area (Å²) < 4.78 is 13.8. The number of piperidine rings is 1. The van der Waals surface area contributed by atoms with Gasteiger partial charge < -0.3 is 15.3 Å². The number of aromatic hydroxyl groups is 1. The Hall–Kier alpha value is -1.62. The summed E-state index contributed by atoms with van der Waals surface area (Å²) >= 11 is 0. The highest BCUT2D eigenvalue weighted by molar-refractivity contribution is 5.94. The summed E-state index contributed by atoms with van der Waals surface area (Å²) in [6, 6.07) is 3.86. The molecule has 0 bridgehead atoms. The minimum atomic E-state index is -0.662. The second kappa shape index (κ2) is 6.70. The van der Waals surface area contributed by atoms with Gasteiger partial charge in [0.25, 0.3) is 5.91 Å². The maximum absolute atomic E-state index is 13.8. The molecule has 0 spiro atoms. The number of hydrogen-bond donors (Lipinski definition) is 2. The Morgan fingerprint density at radius 2 is 2.15 bits per heavy atom. The van der Waals surface area contributed by atoms with Gasteiger partial charge >= 0.3 is 0 Å². The van der Waals surface area contributed by atoms with E-state index in [1.807, 2.05) is 6.92 Å². The molecule has 1 saturated heterocycles. The van der Waals surface area contributed by atoms with Gasteiger partial charge in [-0.2, -0.15) is 0 Å². The average molecular weight is 280 g/mol. The van der Waals surface area contributed by atoms with Crippen molar-refractivity contribution in [1.82, 2.24) is 10.2 Å². The van der Waals surface area contributed by atoms with Crippen LogP contribution in [0, 0.1) is 5.82 Å². The molecule has 0 saturated carbocycles. The Labute approximate surface area is 118 Å². The van der Waals surface area contributed by atoms with E-state index in [9.17, 15) is 14.3 Å². The molecular weight excluding hydrogens is 259 g/mol. The van der Waals surface area contributed by atoms with Crippen LogP contribution in [-0.2, 0) is 0 Å². The highest BCUT2D eigenvalue weighted by Crippen LogP contribution is 2.20. The van der Waals surface area contributed by atoms with Gasteiger partial charge in [0.2, 0.25) is 0 Å². The van der Waals surface area contributed by atoms with E-state index >= 15 is 0 Å². The molecule has 0 unspecified atom stereocenters. The van der Waals surface area contributed by atoms with E-state index in [1.165, 1.54) is 12.1 Å². The number of amides is 1. The number of halogens is 1. The van der Waals surface area contributed by atoms with Gasteiger partial charge in [0, 0.05) is 18.7 Å². The van der Waals surface area contributed by atoms with Gasteiger partial charge in [0.05, 0.1) is 5.56 Å². The second-order valence-electron chi connectivity index (χ2n) is 5.14. The summed E-state index contributed by atoms with van der Waals surface area (Å²) in [5.41, 5.74) is 0.0368. The van der Waals surface area contributed by atoms with E-state index in [0.717, 1.165) is 38.4 Å². The van der Waals surface area contributed by atoms with Crippen LogP contribution in [0.3, 0.4) is 0 Å². The van der Waals surface area contributed by atoms with E-state index in [4.69, 9.17) is 0 Å². The van der Waals surface area contributed by atoms with Crippen molar-refractivity contribution in [3.8, 4) is 5.75 Å². The minimum absolute atomic E-state index is 0.0368. The smallest absolute Gasteiger partial charge is 0.257 e. The lowest BCUT2D eigenvalue weighted by Gasteiger charge is -2.34. The Balaban J connectivity index is 2.21. The predicted molar refractivity (Wildman–Crippen MR) is 75.3 cm³/mol. The minimum Gasteiger partial charge on any atom is -0.508 e. The molecule has 1 fully saturated rings. The van der Waals surface area contributed by atoms with Gasteiger partial charge in [-0.15, -0.1) is 0 Å². The number of phenolic OH excluding ortho intramolecular Hbond substituents is 1. The summed E-state index contributed by atoms with van der Waals surface area (Å²) in [6.07, 6.45) is 2.63. The fraction of sp³-hybridized carbons (Fsp3) is 0.533. The van der Waals surface area contributed by atoms with Gasteiger partial charge in [0.1, 0.15) is 11.6 Å². The first-order chi connectivity index (χ1) is 9.63. The number of carbonyl (C=O) groups excluding carboxylic acids is 1. The standard InChI is InChI=1S/C15H21FN2O2/c1-2-9-18(11-5-7-17-8-6-11)15(20)13-4-3-12(19)10-14(13)16/h3-4,10-11,17,19H,2,5-9H2,1H3. The number of phenols is 1. The maximum Gasteiger partial charge on any atom is 0.257 e. The molecule has 1 aliphatic rings. The zero-order valence-corrected chi connectivity index (χ0v) is 11.7. The number of nitrogens with zero attached hydrogens (tertiary/aromatic N) is 1. The van der Waals surface area contributed by atoms with Crippen LogP contribution in [0.15, 0.2) is 18.2 Å². The lowest BCUT2D eigenvalue weighted by molar-refractivity contribution is 0.0638. The van der Waals surface area contributed by atoms with E-state index in [1.54, 1.807) is 4.90 Å². The molecule has 1 amide bonds. The van der Waals surface area contributed by atoms with E-state index < -0.39 is 5.82 Å². The molecule has 5 heteroatoms. The van der Waals surface area contributed by atoms with Crippen LogP contribution in [0.2, 0.25) is 0 Å². The van der Waals surface area contributed by atoms with E-state index in [-0.39, 0.29) is 23.3 Å². The Morgan fingerprint density at radius 1 is 1.45 bits per heavy atom. The van der Waals surface area contributed by atoms with Crippen molar-refractivity contribution < 1.29 is 14.3 Å². The van der Waals surface area contributed by atoms with Crippen molar-refractivity contribution in [2.75, 3.05) is 19.6 Å². The van der Waals surface area contributed by atoms with Crippen LogP contribution in [0.25, 0.3) is 0 Å². The Bertz CT molecular complexity index is 473. The van der Waals surface area contributed by atoms with Crippen molar-refractivity contribution in [3.63, 3.8) is 0 Å². The number of nitrogens with one attached hydrogen (secondary N) is 1. The van der Waals surface area contributed by atoms with Crippen molar-refractivity contribution in [3.05, 3.63) is 29.6 Å². The zero-order valence-electron chi connectivity index (χ0n) is 11.7. The van der Waals surface area contributed by atoms with Gasteiger partial charge in [-0.05, 0) is 44.5 Å². The molecule has 0 aliphatic carbocycles. The van der Waals surface area contributed by atoms with Crippen molar-refractivity contribution in [2.45, 2.75) is 32.2 Å². The molecule has 1 aliphatic heterocycles. The Kier molecular flexibility index (Phi) is 4.95. The topological polar surface area (TPSA) is 52.6 Å². The summed E-state index contributed by atoms with van der Waals surface area (Å²) in [4.78, 5) is 14.3. The van der Waals surface area contributed by atoms with Crippen LogP contribution in [0.1, 0.15) is 36.5 Å². The first kappa shape index (κ1) is 14.8. The van der Waals surface area contributed by atoms with Crippen molar-refractivity contribution in [2.24, 2.45) is 0 Å². The number of carbonyl (C=O) groups is 1. The third-order valence-electron chi connectivity index (χ3n) is 3.66. The first-order valence-corrected chi connectivity index (χ1v) is 7.13. The highest BCUT2D eigenvalue weighted by Gasteiger charge is 2.27. The average Bonchev–Trinajstić information content (AvgIpc) is 2.45. The molecule has 0 radical (unpaired) electrons. The molecule has 0 atom stereocenters. The number of rotatable bonds is 4. The fourth-order valence-electron chi connectivity index (χ4n) is 2.64. The number of hydrogen-bond acceptors (Lipinski definition) is 3. The molecule has 1 aromatic carbocycles. The second-order valence-corrected chi connectivity index (χ2v) is 5.14. The molecular formula is C15H21FN2O2. The highest BCUT2D eigenvalue weighted by atomic mass is 19.1. The van der Waals surface area contributed by atoms with Crippen LogP contribution in [0.5, 0.6) is 5.75 Å². The predicted octanol–water partition coefficient (Wildman–Crippen LogP) is 2.14. The van der Waals surface area contributed by atoms with Crippen LogP contribution >= 0.6 is 0 Å². The molecule has 0 aromatic heterocycles. The largest absolute Gasteiger partial charge is 0.508 e. The zero-order chi connectivity index (χ0) is 14.5. The normalized spacial score (nSPS) is 16.1. The van der Waals surface area contributed by atoms with Gasteiger partial charge in [-0.3, -0.25) is 4.79 Å². The first-order valence-electron chi connectivity index (χ1n) is 7.13. The van der Waals surface area contributed by atoms with Gasteiger partial charge in [0.15, 0.2) is 0 Å². The van der Waals surface area contributed by atoms with E-state index in [2.05, 4.69) is 5.32 Å².